The first-order valence-electron chi connectivity index (χ1n) is 3.34. The molecule has 7 heteroatoms. The maximum absolute atomic E-state index is 10.5. The fraction of sp³-hybridized carbons (Fsp3) is 0.667. The van der Waals surface area contributed by atoms with Crippen LogP contribution in [0.4, 0.5) is 0 Å². The van der Waals surface area contributed by atoms with Crippen LogP contribution in [0.3, 0.4) is 0 Å². The molecule has 0 saturated carbocycles. The Labute approximate surface area is 72.9 Å². The summed E-state index contributed by atoms with van der Waals surface area (Å²) in [7, 11) is 0. The van der Waals surface area contributed by atoms with Gasteiger partial charge in [-0.1, -0.05) is 0 Å². The summed E-state index contributed by atoms with van der Waals surface area (Å²) in [6.07, 6.45) is -5.99. The molecule has 0 amide bonds. The van der Waals surface area contributed by atoms with Gasteiger partial charge in [-0.05, 0) is 0 Å². The van der Waals surface area contributed by atoms with Crippen LogP contribution in [0.5, 0.6) is 0 Å². The van der Waals surface area contributed by atoms with Crippen molar-refractivity contribution in [3.8, 4) is 0 Å². The Kier molecular flexibility index (Phi) is 4.49. The molecule has 0 aliphatic rings. The first-order chi connectivity index (χ1) is 5.91. The van der Waals surface area contributed by atoms with Crippen LogP contribution < -0.4 is 0 Å². The zero-order chi connectivity index (χ0) is 10.6. The number of carboxylic acids is 1. The number of carboxylic acid groups (broad SMARTS) is 1. The number of carbonyl (C=O) groups excluding carboxylic acids is 1. The van der Waals surface area contributed by atoms with Gasteiger partial charge in [0.2, 0.25) is 0 Å². The molecule has 5 N–H and O–H groups in total. The molecule has 0 aromatic rings. The highest BCUT2D eigenvalue weighted by Gasteiger charge is 2.33. The molecular formula is C6H10O7. The summed E-state index contributed by atoms with van der Waals surface area (Å²) in [6, 6.07) is 0. The Morgan fingerprint density at radius 2 is 1.62 bits per heavy atom. The summed E-state index contributed by atoms with van der Waals surface area (Å²) in [6.45, 7) is -0.884. The molecule has 1 unspecified atom stereocenters. The van der Waals surface area contributed by atoms with E-state index in [0.717, 1.165) is 0 Å². The topological polar surface area (TPSA) is 135 Å². The van der Waals surface area contributed by atoms with Crippen molar-refractivity contribution in [3.05, 3.63) is 0 Å². The second-order valence-corrected chi connectivity index (χ2v) is 2.35. The van der Waals surface area contributed by atoms with E-state index in [1.807, 2.05) is 0 Å². The first kappa shape index (κ1) is 12.0. The van der Waals surface area contributed by atoms with Gasteiger partial charge in [0.25, 0.3) is 5.78 Å². The second kappa shape index (κ2) is 4.87. The van der Waals surface area contributed by atoms with E-state index >= 15 is 0 Å². The molecule has 13 heavy (non-hydrogen) atoms. The van der Waals surface area contributed by atoms with Gasteiger partial charge in [-0.3, -0.25) is 4.79 Å². The van der Waals surface area contributed by atoms with Crippen molar-refractivity contribution >= 4 is 11.8 Å². The summed E-state index contributed by atoms with van der Waals surface area (Å²) in [5.41, 5.74) is 0. The van der Waals surface area contributed by atoms with Gasteiger partial charge >= 0.3 is 5.97 Å². The molecule has 0 bridgehead atoms. The second-order valence-electron chi connectivity index (χ2n) is 2.35. The Morgan fingerprint density at radius 3 is 1.92 bits per heavy atom. The van der Waals surface area contributed by atoms with Gasteiger partial charge < -0.3 is 25.5 Å². The Balaban J connectivity index is 4.33. The van der Waals surface area contributed by atoms with Crippen LogP contribution in [0.1, 0.15) is 0 Å². The first-order valence-corrected chi connectivity index (χ1v) is 3.34. The van der Waals surface area contributed by atoms with E-state index in [2.05, 4.69) is 0 Å². The average Bonchev–Trinajstić information content (AvgIpc) is 2.12. The van der Waals surface area contributed by atoms with Crippen molar-refractivity contribution in [1.82, 2.24) is 0 Å². The van der Waals surface area contributed by atoms with E-state index in [-0.39, 0.29) is 0 Å². The number of Topliss-reactive ketones (excluding diaryl/α,β-unsaturated/α-hetero) is 1. The third kappa shape index (κ3) is 3.07. The normalized spacial score (nSPS) is 17.5. The van der Waals surface area contributed by atoms with Gasteiger partial charge in [-0.15, -0.1) is 0 Å². The number of rotatable bonds is 5. The van der Waals surface area contributed by atoms with Gasteiger partial charge in [0.1, 0.15) is 12.2 Å². The lowest BCUT2D eigenvalue weighted by Crippen LogP contribution is -2.46. The lowest BCUT2D eigenvalue weighted by atomic mass is 10.1. The van der Waals surface area contributed by atoms with Gasteiger partial charge in [0.15, 0.2) is 6.10 Å². The molecule has 0 fully saturated rings. The predicted molar refractivity (Wildman–Crippen MR) is 37.7 cm³/mol. The van der Waals surface area contributed by atoms with Gasteiger partial charge in [0.05, 0.1) is 6.61 Å². The maximum Gasteiger partial charge on any atom is 0.375 e. The molecule has 0 radical (unpaired) electrons. The lowest BCUT2D eigenvalue weighted by Gasteiger charge is -2.18. The lowest BCUT2D eigenvalue weighted by molar-refractivity contribution is -0.159. The number of aliphatic carboxylic acids is 1. The van der Waals surface area contributed by atoms with Gasteiger partial charge in [0, 0.05) is 0 Å². The van der Waals surface area contributed by atoms with Crippen LogP contribution >= 0.6 is 0 Å². The highest BCUT2D eigenvalue weighted by Crippen LogP contribution is 2.01. The van der Waals surface area contributed by atoms with Crippen LogP contribution in [0.25, 0.3) is 0 Å². The number of hydrogen-bond acceptors (Lipinski definition) is 6. The van der Waals surface area contributed by atoms with Gasteiger partial charge in [-0.2, -0.15) is 0 Å². The summed E-state index contributed by atoms with van der Waals surface area (Å²) >= 11 is 0. The highest BCUT2D eigenvalue weighted by molar-refractivity contribution is 6.34. The predicted octanol–water partition coefficient (Wildman–Crippen LogP) is -3.28. The molecular weight excluding hydrogens is 184 g/mol. The number of ketones is 1. The van der Waals surface area contributed by atoms with E-state index in [0.29, 0.717) is 0 Å². The molecule has 0 spiro atoms. The van der Waals surface area contributed by atoms with Gasteiger partial charge in [-0.25, -0.2) is 4.79 Å². The van der Waals surface area contributed by atoms with Crippen LogP contribution in [0.2, 0.25) is 0 Å². The number of aliphatic hydroxyl groups excluding tert-OH is 4. The monoisotopic (exact) mass is 194 g/mol. The molecule has 0 heterocycles. The third-order valence-electron chi connectivity index (χ3n) is 1.38. The van der Waals surface area contributed by atoms with E-state index in [4.69, 9.17) is 25.5 Å². The minimum Gasteiger partial charge on any atom is -0.475 e. The summed E-state index contributed by atoms with van der Waals surface area (Å²) in [4.78, 5) is 20.5. The van der Waals surface area contributed by atoms with Crippen molar-refractivity contribution in [2.75, 3.05) is 6.61 Å². The van der Waals surface area contributed by atoms with Crippen LogP contribution in [-0.2, 0) is 9.59 Å². The minimum absolute atomic E-state index is 0.884. The smallest absolute Gasteiger partial charge is 0.375 e. The molecule has 7 nitrogen and oxygen atoms in total. The summed E-state index contributed by atoms with van der Waals surface area (Å²) < 4.78 is 0. The fourth-order valence-corrected chi connectivity index (χ4v) is 0.600. The van der Waals surface area contributed by atoms with E-state index in [9.17, 15) is 9.59 Å². The molecule has 0 aliphatic heterocycles. The van der Waals surface area contributed by atoms with Crippen molar-refractivity contribution in [2.45, 2.75) is 18.3 Å². The zero-order valence-corrected chi connectivity index (χ0v) is 6.49. The molecule has 76 valence electrons. The SMILES string of the molecule is O=C(O)C(=O)[C@H](O)[C@H](O)C(O)CO. The summed E-state index contributed by atoms with van der Waals surface area (Å²) in [5, 5.41) is 42.8. The molecule has 0 rings (SSSR count). The third-order valence-corrected chi connectivity index (χ3v) is 1.38. The quantitative estimate of drug-likeness (QED) is 0.289. The molecule has 3 atom stereocenters. The van der Waals surface area contributed by atoms with Crippen LogP contribution in [0, 0.1) is 0 Å². The molecule has 0 saturated heterocycles. The largest absolute Gasteiger partial charge is 0.475 e. The van der Waals surface area contributed by atoms with E-state index in [1.54, 1.807) is 0 Å². The Bertz CT molecular complexity index is 201. The van der Waals surface area contributed by atoms with Crippen molar-refractivity contribution in [1.29, 1.82) is 0 Å². The minimum atomic E-state index is -2.24. The summed E-state index contributed by atoms with van der Waals surface area (Å²) in [5.74, 6) is -3.56. The molecule has 0 aliphatic carbocycles. The standard InChI is InChI=1S/C6H10O7/c7-1-2(8)3(9)4(10)5(11)6(12)13/h2-4,7-10H,1H2,(H,12,13)/t2?,3-,4-/m1/s1. The average molecular weight is 194 g/mol. The fourth-order valence-electron chi connectivity index (χ4n) is 0.600. The van der Waals surface area contributed by atoms with Crippen molar-refractivity contribution < 1.29 is 35.1 Å². The highest BCUT2D eigenvalue weighted by atomic mass is 16.4. The number of aliphatic hydroxyl groups is 4. The molecule has 0 aromatic carbocycles. The Hall–Kier alpha value is -1.02. The molecule has 0 aromatic heterocycles. The van der Waals surface area contributed by atoms with Crippen LogP contribution in [0.15, 0.2) is 0 Å². The van der Waals surface area contributed by atoms with Crippen molar-refractivity contribution in [3.63, 3.8) is 0 Å². The van der Waals surface area contributed by atoms with E-state index in [1.165, 1.54) is 0 Å². The Morgan fingerprint density at radius 1 is 1.15 bits per heavy atom. The number of carbonyl (C=O) groups is 2. The number of hydrogen-bond donors (Lipinski definition) is 5. The van der Waals surface area contributed by atoms with Crippen molar-refractivity contribution in [2.24, 2.45) is 0 Å². The maximum atomic E-state index is 10.5. The van der Waals surface area contributed by atoms with Crippen LogP contribution in [-0.4, -0.2) is 62.2 Å². The van der Waals surface area contributed by atoms with E-state index < -0.39 is 36.7 Å². The zero-order valence-electron chi connectivity index (χ0n) is 6.49.